The molecule has 0 unspecified atom stereocenters. The van der Waals surface area contributed by atoms with Crippen LogP contribution in [0.3, 0.4) is 0 Å². The van der Waals surface area contributed by atoms with Gasteiger partial charge in [0.05, 0.1) is 5.60 Å². The number of hydrogen-bond acceptors (Lipinski definition) is 3. The monoisotopic (exact) mass is 291 g/mol. The van der Waals surface area contributed by atoms with Crippen LogP contribution in [0, 0.1) is 0 Å². The molecule has 0 spiro atoms. The van der Waals surface area contributed by atoms with Gasteiger partial charge in [-0.05, 0) is 36.5 Å². The smallest absolute Gasteiger partial charge is 0.258 e. The van der Waals surface area contributed by atoms with Crippen LogP contribution in [0.4, 0.5) is 0 Å². The summed E-state index contributed by atoms with van der Waals surface area (Å²) in [7, 11) is 0. The molecule has 0 heterocycles. The second kappa shape index (κ2) is 6.94. The Balaban J connectivity index is 1.77. The Kier molecular flexibility index (Phi) is 5.23. The fourth-order valence-electron chi connectivity index (χ4n) is 2.64. The summed E-state index contributed by atoms with van der Waals surface area (Å²) in [4.78, 5) is 11.8. The number of nitrogens with one attached hydrogen (secondary N) is 1. The summed E-state index contributed by atoms with van der Waals surface area (Å²) in [6, 6.07) is 7.79. The number of carbonyl (C=O) groups is 1. The third-order valence-electron chi connectivity index (χ3n) is 4.04. The van der Waals surface area contributed by atoms with Crippen LogP contribution in [-0.4, -0.2) is 29.8 Å². The number of carbonyl (C=O) groups excluding carboxylic acids is 1. The third-order valence-corrected chi connectivity index (χ3v) is 4.04. The molecule has 2 N–H and O–H groups in total. The van der Waals surface area contributed by atoms with Crippen LogP contribution < -0.4 is 10.1 Å². The van der Waals surface area contributed by atoms with Crippen molar-refractivity contribution in [2.75, 3.05) is 13.2 Å². The van der Waals surface area contributed by atoms with E-state index in [1.807, 2.05) is 24.3 Å². The first kappa shape index (κ1) is 15.8. The van der Waals surface area contributed by atoms with E-state index in [0.717, 1.165) is 25.7 Å². The van der Waals surface area contributed by atoms with Crippen molar-refractivity contribution in [2.45, 2.75) is 51.0 Å². The molecular formula is C17H25NO3. The molecule has 1 aliphatic carbocycles. The van der Waals surface area contributed by atoms with Gasteiger partial charge in [-0.3, -0.25) is 4.79 Å². The van der Waals surface area contributed by atoms with E-state index in [1.54, 1.807) is 0 Å². The Morgan fingerprint density at radius 1 is 1.38 bits per heavy atom. The molecule has 0 radical (unpaired) electrons. The fraction of sp³-hybridized carbons (Fsp3) is 0.588. The first-order chi connectivity index (χ1) is 9.98. The number of rotatable bonds is 6. The highest BCUT2D eigenvalue weighted by molar-refractivity contribution is 5.77. The summed E-state index contributed by atoms with van der Waals surface area (Å²) >= 11 is 0. The van der Waals surface area contributed by atoms with Gasteiger partial charge in [0.15, 0.2) is 6.61 Å². The molecule has 0 aromatic heterocycles. The van der Waals surface area contributed by atoms with E-state index in [2.05, 4.69) is 19.2 Å². The number of benzene rings is 1. The Hall–Kier alpha value is -1.55. The second-order valence-corrected chi connectivity index (χ2v) is 6.22. The largest absolute Gasteiger partial charge is 0.484 e. The zero-order chi connectivity index (χ0) is 15.3. The molecule has 2 rings (SSSR count). The van der Waals surface area contributed by atoms with E-state index < -0.39 is 5.60 Å². The highest BCUT2D eigenvalue weighted by Crippen LogP contribution is 2.28. The van der Waals surface area contributed by atoms with Gasteiger partial charge in [-0.25, -0.2) is 0 Å². The molecule has 1 aromatic rings. The SMILES string of the molecule is CC(C)c1cccc(OCC(=O)NCC2(O)CCCC2)c1. The minimum atomic E-state index is -0.715. The Bertz CT molecular complexity index is 479. The standard InChI is InChI=1S/C17H25NO3/c1-13(2)14-6-5-7-15(10-14)21-11-16(19)18-12-17(20)8-3-4-9-17/h5-7,10,13,20H,3-4,8-9,11-12H2,1-2H3,(H,18,19). The Morgan fingerprint density at radius 3 is 2.76 bits per heavy atom. The van der Waals surface area contributed by atoms with Crippen molar-refractivity contribution in [3.8, 4) is 5.75 Å². The number of aliphatic hydroxyl groups is 1. The van der Waals surface area contributed by atoms with Gasteiger partial charge in [-0.2, -0.15) is 0 Å². The molecule has 0 atom stereocenters. The topological polar surface area (TPSA) is 58.6 Å². The van der Waals surface area contributed by atoms with Gasteiger partial charge in [0, 0.05) is 6.54 Å². The molecule has 21 heavy (non-hydrogen) atoms. The molecule has 1 saturated carbocycles. The maximum absolute atomic E-state index is 11.8. The van der Waals surface area contributed by atoms with Crippen molar-refractivity contribution in [1.82, 2.24) is 5.32 Å². The Labute approximate surface area is 126 Å². The normalized spacial score (nSPS) is 17.0. The van der Waals surface area contributed by atoms with Crippen molar-refractivity contribution < 1.29 is 14.6 Å². The fourth-order valence-corrected chi connectivity index (χ4v) is 2.64. The van der Waals surface area contributed by atoms with Gasteiger partial charge < -0.3 is 15.2 Å². The summed E-state index contributed by atoms with van der Waals surface area (Å²) in [6.45, 7) is 4.54. The van der Waals surface area contributed by atoms with Gasteiger partial charge in [-0.1, -0.05) is 38.8 Å². The third kappa shape index (κ3) is 4.74. The van der Waals surface area contributed by atoms with E-state index in [1.165, 1.54) is 5.56 Å². The summed E-state index contributed by atoms with van der Waals surface area (Å²) in [5.41, 5.74) is 0.473. The first-order valence-electron chi connectivity index (χ1n) is 7.70. The van der Waals surface area contributed by atoms with Crippen LogP contribution in [0.15, 0.2) is 24.3 Å². The molecular weight excluding hydrogens is 266 g/mol. The van der Waals surface area contributed by atoms with Crippen LogP contribution in [0.2, 0.25) is 0 Å². The average Bonchev–Trinajstić information content (AvgIpc) is 2.90. The summed E-state index contributed by atoms with van der Waals surface area (Å²) in [5.74, 6) is 0.945. The molecule has 0 saturated heterocycles. The van der Waals surface area contributed by atoms with Gasteiger partial charge in [0.25, 0.3) is 5.91 Å². The lowest BCUT2D eigenvalue weighted by molar-refractivity contribution is -0.124. The molecule has 1 amide bonds. The minimum Gasteiger partial charge on any atom is -0.484 e. The first-order valence-corrected chi connectivity index (χ1v) is 7.70. The second-order valence-electron chi connectivity index (χ2n) is 6.22. The average molecular weight is 291 g/mol. The molecule has 116 valence electrons. The summed E-state index contributed by atoms with van der Waals surface area (Å²) in [6.07, 6.45) is 3.60. The molecule has 0 aliphatic heterocycles. The van der Waals surface area contributed by atoms with E-state index in [9.17, 15) is 9.90 Å². The molecule has 0 bridgehead atoms. The van der Waals surface area contributed by atoms with E-state index in [-0.39, 0.29) is 12.5 Å². The van der Waals surface area contributed by atoms with Crippen LogP contribution in [0.5, 0.6) is 5.75 Å². The predicted molar refractivity (Wildman–Crippen MR) is 82.5 cm³/mol. The molecule has 4 heteroatoms. The van der Waals surface area contributed by atoms with E-state index in [4.69, 9.17) is 4.74 Å². The zero-order valence-electron chi connectivity index (χ0n) is 12.9. The number of hydrogen-bond donors (Lipinski definition) is 2. The summed E-state index contributed by atoms with van der Waals surface area (Å²) < 4.78 is 5.51. The molecule has 1 aromatic carbocycles. The van der Waals surface area contributed by atoms with Crippen LogP contribution in [-0.2, 0) is 4.79 Å². The van der Waals surface area contributed by atoms with Crippen LogP contribution in [0.1, 0.15) is 51.0 Å². The predicted octanol–water partition coefficient (Wildman–Crippen LogP) is 2.61. The van der Waals surface area contributed by atoms with Gasteiger partial charge >= 0.3 is 0 Å². The van der Waals surface area contributed by atoms with E-state index >= 15 is 0 Å². The van der Waals surface area contributed by atoms with Crippen LogP contribution >= 0.6 is 0 Å². The van der Waals surface area contributed by atoms with Gasteiger partial charge in [-0.15, -0.1) is 0 Å². The lowest BCUT2D eigenvalue weighted by Gasteiger charge is -2.22. The van der Waals surface area contributed by atoms with Crippen molar-refractivity contribution in [2.24, 2.45) is 0 Å². The highest BCUT2D eigenvalue weighted by Gasteiger charge is 2.31. The quantitative estimate of drug-likeness (QED) is 0.847. The lowest BCUT2D eigenvalue weighted by Crippen LogP contribution is -2.42. The van der Waals surface area contributed by atoms with Crippen molar-refractivity contribution in [3.63, 3.8) is 0 Å². The number of amides is 1. The molecule has 1 aliphatic rings. The molecule has 1 fully saturated rings. The minimum absolute atomic E-state index is 0.0162. The summed E-state index contributed by atoms with van der Waals surface area (Å²) in [5, 5.41) is 12.9. The lowest BCUT2D eigenvalue weighted by atomic mass is 10.0. The number of ether oxygens (including phenoxy) is 1. The van der Waals surface area contributed by atoms with Gasteiger partial charge in [0.1, 0.15) is 5.75 Å². The van der Waals surface area contributed by atoms with Crippen LogP contribution in [0.25, 0.3) is 0 Å². The highest BCUT2D eigenvalue weighted by atomic mass is 16.5. The maximum atomic E-state index is 11.8. The maximum Gasteiger partial charge on any atom is 0.258 e. The molecule has 4 nitrogen and oxygen atoms in total. The van der Waals surface area contributed by atoms with Crippen molar-refractivity contribution >= 4 is 5.91 Å². The van der Waals surface area contributed by atoms with E-state index in [0.29, 0.717) is 18.2 Å². The zero-order valence-corrected chi connectivity index (χ0v) is 12.9. The van der Waals surface area contributed by atoms with Crippen molar-refractivity contribution in [3.05, 3.63) is 29.8 Å². The van der Waals surface area contributed by atoms with Crippen molar-refractivity contribution in [1.29, 1.82) is 0 Å². The van der Waals surface area contributed by atoms with Gasteiger partial charge in [0.2, 0.25) is 0 Å². The Morgan fingerprint density at radius 2 is 2.10 bits per heavy atom.